The summed E-state index contributed by atoms with van der Waals surface area (Å²) in [6.45, 7) is 1.75. The predicted molar refractivity (Wildman–Crippen MR) is 85.0 cm³/mol. The van der Waals surface area contributed by atoms with Crippen LogP contribution in [0.2, 0.25) is 0 Å². The first kappa shape index (κ1) is 14.2. The molecule has 0 saturated heterocycles. The summed E-state index contributed by atoms with van der Waals surface area (Å²) >= 11 is 2.63. The van der Waals surface area contributed by atoms with E-state index in [-0.39, 0.29) is 5.75 Å². The standard InChI is InChI=1S/C13H14N4O2S2/c1-16-6-7-17(10-5-3-2-4-9(10)16)12-14-15-13(21-12)20-8-11(18)19/h2-5H,6-8H2,1H3,(H,18,19). The monoisotopic (exact) mass is 322 g/mol. The molecule has 2 heterocycles. The molecule has 1 aliphatic heterocycles. The molecule has 1 aromatic heterocycles. The zero-order chi connectivity index (χ0) is 14.8. The van der Waals surface area contributed by atoms with Crippen molar-refractivity contribution in [3.05, 3.63) is 24.3 Å². The van der Waals surface area contributed by atoms with E-state index < -0.39 is 5.97 Å². The highest BCUT2D eigenvalue weighted by Gasteiger charge is 2.23. The van der Waals surface area contributed by atoms with Crippen molar-refractivity contribution in [3.8, 4) is 0 Å². The van der Waals surface area contributed by atoms with Crippen LogP contribution in [0.1, 0.15) is 0 Å². The summed E-state index contributed by atoms with van der Waals surface area (Å²) in [4.78, 5) is 15.0. The van der Waals surface area contributed by atoms with Gasteiger partial charge in [0.1, 0.15) is 0 Å². The molecule has 110 valence electrons. The first-order chi connectivity index (χ1) is 10.1. The molecule has 0 aliphatic carbocycles. The van der Waals surface area contributed by atoms with Gasteiger partial charge >= 0.3 is 5.97 Å². The third kappa shape index (κ3) is 2.96. The Balaban J connectivity index is 1.85. The number of para-hydroxylation sites is 2. The Hall–Kier alpha value is -1.80. The van der Waals surface area contributed by atoms with Crippen LogP contribution in [-0.2, 0) is 4.79 Å². The van der Waals surface area contributed by atoms with Gasteiger partial charge in [0, 0.05) is 20.1 Å². The lowest BCUT2D eigenvalue weighted by atomic mass is 10.2. The fraction of sp³-hybridized carbons (Fsp3) is 0.308. The summed E-state index contributed by atoms with van der Waals surface area (Å²) in [7, 11) is 2.07. The van der Waals surface area contributed by atoms with E-state index in [1.807, 2.05) is 12.1 Å². The minimum Gasteiger partial charge on any atom is -0.481 e. The molecule has 0 fully saturated rings. The quantitative estimate of drug-likeness (QED) is 0.866. The second-order valence-electron chi connectivity index (χ2n) is 4.59. The predicted octanol–water partition coefficient (Wildman–Crippen LogP) is 2.30. The Morgan fingerprint density at radius 1 is 1.33 bits per heavy atom. The highest BCUT2D eigenvalue weighted by molar-refractivity contribution is 8.01. The lowest BCUT2D eigenvalue weighted by molar-refractivity contribution is -0.133. The number of carboxylic acid groups (broad SMARTS) is 1. The number of thioether (sulfide) groups is 1. The van der Waals surface area contributed by atoms with Crippen molar-refractivity contribution >= 4 is 45.6 Å². The van der Waals surface area contributed by atoms with Crippen molar-refractivity contribution < 1.29 is 9.90 Å². The summed E-state index contributed by atoms with van der Waals surface area (Å²) < 4.78 is 0.684. The molecule has 2 aromatic rings. The summed E-state index contributed by atoms with van der Waals surface area (Å²) in [5.41, 5.74) is 2.27. The molecule has 3 rings (SSSR count). The maximum atomic E-state index is 10.6. The van der Waals surface area contributed by atoms with Crippen LogP contribution >= 0.6 is 23.1 Å². The number of rotatable bonds is 4. The van der Waals surface area contributed by atoms with Gasteiger partial charge in [-0.05, 0) is 12.1 Å². The van der Waals surface area contributed by atoms with Crippen molar-refractivity contribution in [2.24, 2.45) is 0 Å². The number of carboxylic acids is 1. The Morgan fingerprint density at radius 2 is 2.10 bits per heavy atom. The first-order valence-electron chi connectivity index (χ1n) is 6.41. The van der Waals surface area contributed by atoms with Crippen LogP contribution in [0.4, 0.5) is 16.5 Å². The SMILES string of the molecule is CN1CCN(c2nnc(SCC(=O)O)s2)c2ccccc21. The van der Waals surface area contributed by atoms with E-state index in [4.69, 9.17) is 5.11 Å². The molecule has 1 aliphatic rings. The van der Waals surface area contributed by atoms with Crippen LogP contribution in [0.15, 0.2) is 28.6 Å². The fourth-order valence-electron chi connectivity index (χ4n) is 2.20. The molecule has 1 aromatic carbocycles. The van der Waals surface area contributed by atoms with Crippen molar-refractivity contribution in [2.75, 3.05) is 35.7 Å². The van der Waals surface area contributed by atoms with Gasteiger partial charge in [0.25, 0.3) is 0 Å². The number of carbonyl (C=O) groups is 1. The number of anilines is 3. The molecule has 0 atom stereocenters. The summed E-state index contributed by atoms with van der Waals surface area (Å²) in [5.74, 6) is -0.838. The van der Waals surface area contributed by atoms with Crippen LogP contribution in [0.5, 0.6) is 0 Å². The molecule has 0 saturated carbocycles. The Bertz CT molecular complexity index is 661. The van der Waals surface area contributed by atoms with Gasteiger partial charge in [-0.2, -0.15) is 0 Å². The van der Waals surface area contributed by atoms with Gasteiger partial charge < -0.3 is 14.9 Å². The van der Waals surface area contributed by atoms with E-state index in [1.165, 1.54) is 28.8 Å². The number of aliphatic carboxylic acids is 1. The molecule has 0 unspecified atom stereocenters. The molecule has 1 N–H and O–H groups in total. The van der Waals surface area contributed by atoms with E-state index in [1.54, 1.807) is 0 Å². The van der Waals surface area contributed by atoms with E-state index in [0.29, 0.717) is 4.34 Å². The van der Waals surface area contributed by atoms with E-state index in [2.05, 4.69) is 39.2 Å². The number of likely N-dealkylation sites (N-methyl/N-ethyl adjacent to an activating group) is 1. The van der Waals surface area contributed by atoms with Crippen LogP contribution < -0.4 is 9.80 Å². The molecular weight excluding hydrogens is 308 g/mol. The van der Waals surface area contributed by atoms with Gasteiger partial charge in [0.2, 0.25) is 5.13 Å². The van der Waals surface area contributed by atoms with E-state index in [0.717, 1.165) is 23.9 Å². The Labute approximate surface area is 130 Å². The normalized spacial score (nSPS) is 14.1. The van der Waals surface area contributed by atoms with Crippen molar-refractivity contribution in [3.63, 3.8) is 0 Å². The van der Waals surface area contributed by atoms with Crippen molar-refractivity contribution in [1.82, 2.24) is 10.2 Å². The minimum atomic E-state index is -0.846. The van der Waals surface area contributed by atoms with Crippen LogP contribution in [0.3, 0.4) is 0 Å². The van der Waals surface area contributed by atoms with Gasteiger partial charge in [-0.3, -0.25) is 4.79 Å². The third-order valence-electron chi connectivity index (χ3n) is 3.19. The highest BCUT2D eigenvalue weighted by atomic mass is 32.2. The van der Waals surface area contributed by atoms with E-state index in [9.17, 15) is 4.79 Å². The summed E-state index contributed by atoms with van der Waals surface area (Å²) in [6, 6.07) is 8.18. The second-order valence-corrected chi connectivity index (χ2v) is 6.77. The number of fused-ring (bicyclic) bond motifs is 1. The number of hydrogen-bond donors (Lipinski definition) is 1. The maximum Gasteiger partial charge on any atom is 0.313 e. The first-order valence-corrected chi connectivity index (χ1v) is 8.21. The Kier molecular flexibility index (Phi) is 3.98. The smallest absolute Gasteiger partial charge is 0.313 e. The maximum absolute atomic E-state index is 10.6. The minimum absolute atomic E-state index is 0.00789. The average molecular weight is 322 g/mol. The highest BCUT2D eigenvalue weighted by Crippen LogP contribution is 2.39. The topological polar surface area (TPSA) is 69.6 Å². The number of benzene rings is 1. The summed E-state index contributed by atoms with van der Waals surface area (Å²) in [5, 5.41) is 17.8. The number of aromatic nitrogens is 2. The number of hydrogen-bond acceptors (Lipinski definition) is 7. The van der Waals surface area contributed by atoms with Gasteiger partial charge in [-0.1, -0.05) is 35.2 Å². The molecule has 0 spiro atoms. The zero-order valence-corrected chi connectivity index (χ0v) is 13.0. The fourth-order valence-corrected chi connectivity index (χ4v) is 3.80. The molecule has 6 nitrogen and oxygen atoms in total. The second kappa shape index (κ2) is 5.90. The molecule has 0 radical (unpaired) electrons. The summed E-state index contributed by atoms with van der Waals surface area (Å²) in [6.07, 6.45) is 0. The molecular formula is C13H14N4O2S2. The number of nitrogens with zero attached hydrogens (tertiary/aromatic N) is 4. The van der Waals surface area contributed by atoms with Crippen LogP contribution in [-0.4, -0.2) is 47.2 Å². The van der Waals surface area contributed by atoms with Gasteiger partial charge in [-0.15, -0.1) is 10.2 Å². The molecule has 21 heavy (non-hydrogen) atoms. The average Bonchev–Trinajstić information content (AvgIpc) is 2.94. The molecule has 0 bridgehead atoms. The van der Waals surface area contributed by atoms with E-state index >= 15 is 0 Å². The van der Waals surface area contributed by atoms with Crippen molar-refractivity contribution in [1.29, 1.82) is 0 Å². The van der Waals surface area contributed by atoms with Crippen LogP contribution in [0.25, 0.3) is 0 Å². The van der Waals surface area contributed by atoms with Gasteiger partial charge in [0.15, 0.2) is 4.34 Å². The van der Waals surface area contributed by atoms with Gasteiger partial charge in [-0.25, -0.2) is 0 Å². The lowest BCUT2D eigenvalue weighted by Gasteiger charge is -2.35. The lowest BCUT2D eigenvalue weighted by Crippen LogP contribution is -2.36. The van der Waals surface area contributed by atoms with Crippen LogP contribution in [0, 0.1) is 0 Å². The Morgan fingerprint density at radius 3 is 2.86 bits per heavy atom. The molecule has 8 heteroatoms. The zero-order valence-electron chi connectivity index (χ0n) is 11.4. The van der Waals surface area contributed by atoms with Gasteiger partial charge in [0.05, 0.1) is 17.1 Å². The van der Waals surface area contributed by atoms with Crippen molar-refractivity contribution in [2.45, 2.75) is 4.34 Å². The largest absolute Gasteiger partial charge is 0.481 e. The third-order valence-corrected chi connectivity index (χ3v) is 5.25. The molecule has 0 amide bonds.